The SMILES string of the molecule is Clc1nc2ccccc2cc1C=NNc1ccccc1. The van der Waals surface area contributed by atoms with Gasteiger partial charge in [-0.2, -0.15) is 5.10 Å². The van der Waals surface area contributed by atoms with E-state index in [0.29, 0.717) is 5.15 Å². The van der Waals surface area contributed by atoms with Crippen molar-refractivity contribution in [3.63, 3.8) is 0 Å². The molecule has 0 aliphatic heterocycles. The fourth-order valence-corrected chi connectivity index (χ4v) is 2.08. The van der Waals surface area contributed by atoms with E-state index in [1.54, 1.807) is 6.21 Å². The zero-order chi connectivity index (χ0) is 13.8. The molecular weight excluding hydrogens is 270 g/mol. The second kappa shape index (κ2) is 5.72. The van der Waals surface area contributed by atoms with Crippen molar-refractivity contribution in [3.8, 4) is 0 Å². The van der Waals surface area contributed by atoms with Crippen LogP contribution in [-0.2, 0) is 0 Å². The van der Waals surface area contributed by atoms with Gasteiger partial charge in [-0.1, -0.05) is 48.0 Å². The largest absolute Gasteiger partial charge is 0.279 e. The molecule has 3 rings (SSSR count). The van der Waals surface area contributed by atoms with Gasteiger partial charge in [-0.3, -0.25) is 5.43 Å². The highest BCUT2D eigenvalue weighted by Gasteiger charge is 2.02. The molecule has 0 amide bonds. The summed E-state index contributed by atoms with van der Waals surface area (Å²) < 4.78 is 0. The van der Waals surface area contributed by atoms with Crippen LogP contribution in [0.1, 0.15) is 5.56 Å². The quantitative estimate of drug-likeness (QED) is 0.441. The van der Waals surface area contributed by atoms with Crippen LogP contribution in [0.2, 0.25) is 5.15 Å². The molecule has 0 aliphatic carbocycles. The third-order valence-electron chi connectivity index (χ3n) is 2.88. The van der Waals surface area contributed by atoms with Crippen molar-refractivity contribution in [2.75, 3.05) is 5.43 Å². The van der Waals surface area contributed by atoms with E-state index in [0.717, 1.165) is 22.2 Å². The molecule has 2 aromatic carbocycles. The maximum absolute atomic E-state index is 6.15. The summed E-state index contributed by atoms with van der Waals surface area (Å²) in [6, 6.07) is 19.6. The number of pyridine rings is 1. The summed E-state index contributed by atoms with van der Waals surface area (Å²) in [5.74, 6) is 0. The Balaban J connectivity index is 1.85. The molecule has 20 heavy (non-hydrogen) atoms. The molecule has 0 unspecified atom stereocenters. The minimum atomic E-state index is 0.447. The zero-order valence-electron chi connectivity index (χ0n) is 10.6. The third kappa shape index (κ3) is 2.78. The van der Waals surface area contributed by atoms with Crippen LogP contribution >= 0.6 is 11.6 Å². The highest BCUT2D eigenvalue weighted by Crippen LogP contribution is 2.19. The number of nitrogens with one attached hydrogen (secondary N) is 1. The fourth-order valence-electron chi connectivity index (χ4n) is 1.89. The number of hydrogen-bond donors (Lipinski definition) is 1. The Morgan fingerprint density at radius 2 is 1.75 bits per heavy atom. The van der Waals surface area contributed by atoms with E-state index in [2.05, 4.69) is 15.5 Å². The van der Waals surface area contributed by atoms with Crippen molar-refractivity contribution < 1.29 is 0 Å². The van der Waals surface area contributed by atoms with Crippen LogP contribution in [0, 0.1) is 0 Å². The van der Waals surface area contributed by atoms with Crippen LogP contribution in [0.4, 0.5) is 5.69 Å². The van der Waals surface area contributed by atoms with Crippen LogP contribution < -0.4 is 5.43 Å². The van der Waals surface area contributed by atoms with E-state index < -0.39 is 0 Å². The van der Waals surface area contributed by atoms with Crippen molar-refractivity contribution in [2.45, 2.75) is 0 Å². The van der Waals surface area contributed by atoms with Crippen LogP contribution in [0.15, 0.2) is 65.8 Å². The lowest BCUT2D eigenvalue weighted by molar-refractivity contribution is 1.34. The minimum Gasteiger partial charge on any atom is -0.279 e. The molecule has 3 nitrogen and oxygen atoms in total. The maximum atomic E-state index is 6.15. The summed E-state index contributed by atoms with van der Waals surface area (Å²) in [5, 5.41) is 5.67. The first-order chi connectivity index (χ1) is 9.83. The topological polar surface area (TPSA) is 37.3 Å². The Hall–Kier alpha value is -2.39. The van der Waals surface area contributed by atoms with Crippen LogP contribution in [-0.4, -0.2) is 11.2 Å². The summed E-state index contributed by atoms with van der Waals surface area (Å²) in [7, 11) is 0. The Labute approximate surface area is 121 Å². The van der Waals surface area contributed by atoms with E-state index in [-0.39, 0.29) is 0 Å². The highest BCUT2D eigenvalue weighted by atomic mass is 35.5. The second-order valence-corrected chi connectivity index (χ2v) is 4.66. The first-order valence-electron chi connectivity index (χ1n) is 6.22. The fraction of sp³-hybridized carbons (Fsp3) is 0. The van der Waals surface area contributed by atoms with Gasteiger partial charge >= 0.3 is 0 Å². The van der Waals surface area contributed by atoms with Crippen molar-refractivity contribution in [2.24, 2.45) is 5.10 Å². The Bertz CT molecular complexity index is 754. The standard InChI is InChI=1S/C16H12ClN3/c17-16-13(10-12-6-4-5-9-15(12)19-16)11-18-20-14-7-2-1-3-8-14/h1-11,20H. The van der Waals surface area contributed by atoms with E-state index >= 15 is 0 Å². The van der Waals surface area contributed by atoms with E-state index in [4.69, 9.17) is 11.6 Å². The van der Waals surface area contributed by atoms with Gasteiger partial charge in [-0.05, 0) is 24.3 Å². The maximum Gasteiger partial charge on any atom is 0.138 e. The summed E-state index contributed by atoms with van der Waals surface area (Å²) >= 11 is 6.15. The minimum absolute atomic E-state index is 0.447. The number of halogens is 1. The molecule has 98 valence electrons. The number of fused-ring (bicyclic) bond motifs is 1. The molecule has 0 saturated heterocycles. The molecular formula is C16H12ClN3. The molecule has 0 atom stereocenters. The van der Waals surface area contributed by atoms with Gasteiger partial charge in [0.15, 0.2) is 0 Å². The number of para-hydroxylation sites is 2. The normalized spacial score (nSPS) is 11.1. The molecule has 0 aliphatic rings. The van der Waals surface area contributed by atoms with E-state index in [1.165, 1.54) is 0 Å². The van der Waals surface area contributed by atoms with Crippen LogP contribution in [0.5, 0.6) is 0 Å². The van der Waals surface area contributed by atoms with E-state index in [9.17, 15) is 0 Å². The highest BCUT2D eigenvalue weighted by molar-refractivity contribution is 6.32. The number of nitrogens with zero attached hydrogens (tertiary/aromatic N) is 2. The average molecular weight is 282 g/mol. The molecule has 1 N–H and O–H groups in total. The Morgan fingerprint density at radius 1 is 1.00 bits per heavy atom. The molecule has 3 aromatic rings. The predicted octanol–water partition coefficient (Wildman–Crippen LogP) is 4.33. The molecule has 0 saturated carbocycles. The van der Waals surface area contributed by atoms with Crippen molar-refractivity contribution in [3.05, 3.63) is 71.4 Å². The molecule has 0 radical (unpaired) electrons. The van der Waals surface area contributed by atoms with Gasteiger partial charge in [0.1, 0.15) is 5.15 Å². The Kier molecular flexibility index (Phi) is 3.61. The molecule has 4 heteroatoms. The van der Waals surface area contributed by atoms with Gasteiger partial charge in [0.05, 0.1) is 17.4 Å². The van der Waals surface area contributed by atoms with Gasteiger partial charge in [0.25, 0.3) is 0 Å². The zero-order valence-corrected chi connectivity index (χ0v) is 11.4. The summed E-state index contributed by atoms with van der Waals surface area (Å²) in [5.41, 5.74) is 5.54. The van der Waals surface area contributed by atoms with Gasteiger partial charge in [-0.15, -0.1) is 0 Å². The van der Waals surface area contributed by atoms with Crippen molar-refractivity contribution in [1.29, 1.82) is 0 Å². The molecule has 1 heterocycles. The average Bonchev–Trinajstić information content (AvgIpc) is 2.49. The van der Waals surface area contributed by atoms with Crippen molar-refractivity contribution >= 4 is 34.4 Å². The summed E-state index contributed by atoms with van der Waals surface area (Å²) in [6.07, 6.45) is 1.68. The number of hydrogen-bond acceptors (Lipinski definition) is 3. The number of benzene rings is 2. The smallest absolute Gasteiger partial charge is 0.138 e. The third-order valence-corrected chi connectivity index (χ3v) is 3.18. The first-order valence-corrected chi connectivity index (χ1v) is 6.60. The lowest BCUT2D eigenvalue weighted by Crippen LogP contribution is -1.93. The number of hydrazone groups is 1. The van der Waals surface area contributed by atoms with Crippen LogP contribution in [0.25, 0.3) is 10.9 Å². The van der Waals surface area contributed by atoms with Gasteiger partial charge < -0.3 is 0 Å². The second-order valence-electron chi connectivity index (χ2n) is 4.30. The molecule has 0 bridgehead atoms. The van der Waals surface area contributed by atoms with Gasteiger partial charge in [0.2, 0.25) is 0 Å². The summed E-state index contributed by atoms with van der Waals surface area (Å²) in [6.45, 7) is 0. The molecule has 1 aromatic heterocycles. The first kappa shape index (κ1) is 12.6. The lowest BCUT2D eigenvalue weighted by Gasteiger charge is -2.02. The van der Waals surface area contributed by atoms with Crippen LogP contribution in [0.3, 0.4) is 0 Å². The summed E-state index contributed by atoms with van der Waals surface area (Å²) in [4.78, 5) is 4.35. The predicted molar refractivity (Wildman–Crippen MR) is 84.4 cm³/mol. The lowest BCUT2D eigenvalue weighted by atomic mass is 10.2. The number of rotatable bonds is 3. The molecule has 0 fully saturated rings. The van der Waals surface area contributed by atoms with Gasteiger partial charge in [-0.25, -0.2) is 4.98 Å². The van der Waals surface area contributed by atoms with Crippen molar-refractivity contribution in [1.82, 2.24) is 4.98 Å². The van der Waals surface area contributed by atoms with Gasteiger partial charge in [0, 0.05) is 10.9 Å². The molecule has 0 spiro atoms. The number of aromatic nitrogens is 1. The monoisotopic (exact) mass is 281 g/mol. The Morgan fingerprint density at radius 3 is 2.60 bits per heavy atom. The number of anilines is 1. The van der Waals surface area contributed by atoms with E-state index in [1.807, 2.05) is 60.7 Å².